The molecule has 0 unspecified atom stereocenters. The maximum atomic E-state index is 11.2. The summed E-state index contributed by atoms with van der Waals surface area (Å²) in [6.07, 6.45) is -5.04. The molecule has 0 saturated heterocycles. The predicted octanol–water partition coefficient (Wildman–Crippen LogP) is 0.0705. The second kappa shape index (κ2) is 8.74. The zero-order chi connectivity index (χ0) is 16.6. The SMILES string of the molecule is CC(C)CS(=O)(=O)NCCC(N)=O.O=C(O)C(F)(F)F. The van der Waals surface area contributed by atoms with Crippen LogP contribution in [0.2, 0.25) is 0 Å². The highest BCUT2D eigenvalue weighted by atomic mass is 32.2. The molecule has 0 aliphatic heterocycles. The van der Waals surface area contributed by atoms with Crippen molar-refractivity contribution in [2.45, 2.75) is 26.4 Å². The first-order chi connectivity index (χ1) is 8.78. The quantitative estimate of drug-likeness (QED) is 0.638. The van der Waals surface area contributed by atoms with Gasteiger partial charge in [0.1, 0.15) is 0 Å². The molecule has 1 amide bonds. The van der Waals surface area contributed by atoms with E-state index in [1.54, 1.807) is 0 Å². The molecule has 0 aromatic heterocycles. The van der Waals surface area contributed by atoms with Crippen molar-refractivity contribution < 1.29 is 36.3 Å². The van der Waals surface area contributed by atoms with Crippen LogP contribution in [-0.4, -0.2) is 43.9 Å². The van der Waals surface area contributed by atoms with Gasteiger partial charge in [0.05, 0.1) is 5.75 Å². The number of nitrogens with one attached hydrogen (secondary N) is 1. The molecule has 120 valence electrons. The Morgan fingerprint density at radius 2 is 1.70 bits per heavy atom. The van der Waals surface area contributed by atoms with Crippen molar-refractivity contribution in [3.8, 4) is 0 Å². The van der Waals surface area contributed by atoms with Crippen molar-refractivity contribution in [2.75, 3.05) is 12.3 Å². The molecular weight excluding hydrogens is 305 g/mol. The van der Waals surface area contributed by atoms with E-state index < -0.39 is 28.1 Å². The minimum Gasteiger partial charge on any atom is -0.475 e. The second-order valence-corrected chi connectivity index (χ2v) is 5.94. The molecule has 0 bridgehead atoms. The molecule has 0 radical (unpaired) electrons. The number of hydrogen-bond donors (Lipinski definition) is 3. The van der Waals surface area contributed by atoms with Crippen LogP contribution in [0.3, 0.4) is 0 Å². The molecule has 0 atom stereocenters. The highest BCUT2D eigenvalue weighted by molar-refractivity contribution is 7.89. The van der Waals surface area contributed by atoms with Gasteiger partial charge in [-0.15, -0.1) is 0 Å². The van der Waals surface area contributed by atoms with Gasteiger partial charge in [-0.25, -0.2) is 17.9 Å². The zero-order valence-electron chi connectivity index (χ0n) is 10.9. The molecule has 20 heavy (non-hydrogen) atoms. The van der Waals surface area contributed by atoms with Crippen molar-refractivity contribution in [2.24, 2.45) is 11.7 Å². The monoisotopic (exact) mass is 322 g/mol. The average Bonchev–Trinajstić information content (AvgIpc) is 2.13. The highest BCUT2D eigenvalue weighted by Crippen LogP contribution is 2.13. The number of amides is 1. The van der Waals surface area contributed by atoms with Crippen LogP contribution in [0.4, 0.5) is 13.2 Å². The number of halogens is 3. The van der Waals surface area contributed by atoms with E-state index >= 15 is 0 Å². The fraction of sp³-hybridized carbons (Fsp3) is 0.778. The third-order valence-electron chi connectivity index (χ3n) is 1.49. The number of carboxylic acids is 1. The van der Waals surface area contributed by atoms with E-state index in [1.165, 1.54) is 0 Å². The Bertz CT molecular complexity index is 420. The van der Waals surface area contributed by atoms with Gasteiger partial charge in [-0.3, -0.25) is 4.79 Å². The van der Waals surface area contributed by atoms with Crippen LogP contribution >= 0.6 is 0 Å². The third kappa shape index (κ3) is 14.7. The fourth-order valence-corrected chi connectivity index (χ4v) is 2.24. The molecule has 0 aliphatic carbocycles. The van der Waals surface area contributed by atoms with E-state index in [1.807, 2.05) is 13.8 Å². The van der Waals surface area contributed by atoms with E-state index in [0.29, 0.717) is 0 Å². The Hall–Kier alpha value is -1.36. The first kappa shape index (κ1) is 20.9. The van der Waals surface area contributed by atoms with E-state index in [4.69, 9.17) is 15.6 Å². The van der Waals surface area contributed by atoms with Crippen LogP contribution in [0.15, 0.2) is 0 Å². The van der Waals surface area contributed by atoms with Gasteiger partial charge >= 0.3 is 12.1 Å². The van der Waals surface area contributed by atoms with E-state index in [-0.39, 0.29) is 24.6 Å². The number of alkyl halides is 3. The second-order valence-electron chi connectivity index (χ2n) is 4.09. The Balaban J connectivity index is 0. The summed E-state index contributed by atoms with van der Waals surface area (Å²) in [5, 5.41) is 7.12. The molecular formula is C9H17F3N2O5S. The number of aliphatic carboxylic acids is 1. The summed E-state index contributed by atoms with van der Waals surface area (Å²) < 4.78 is 56.3. The molecule has 0 saturated carbocycles. The Morgan fingerprint density at radius 3 is 1.95 bits per heavy atom. The number of carbonyl (C=O) groups is 2. The number of rotatable bonds is 6. The molecule has 0 aromatic rings. The van der Waals surface area contributed by atoms with Crippen LogP contribution in [0.5, 0.6) is 0 Å². The molecule has 0 aromatic carbocycles. The minimum absolute atomic E-state index is 0.0390. The lowest BCUT2D eigenvalue weighted by Gasteiger charge is -2.07. The lowest BCUT2D eigenvalue weighted by Crippen LogP contribution is -2.31. The van der Waals surface area contributed by atoms with Gasteiger partial charge < -0.3 is 10.8 Å². The van der Waals surface area contributed by atoms with Crippen LogP contribution in [0, 0.1) is 5.92 Å². The molecule has 0 fully saturated rings. The van der Waals surface area contributed by atoms with Gasteiger partial charge in [0, 0.05) is 13.0 Å². The fourth-order valence-electron chi connectivity index (χ4n) is 0.827. The van der Waals surface area contributed by atoms with Gasteiger partial charge in [-0.2, -0.15) is 13.2 Å². The molecule has 0 spiro atoms. The van der Waals surface area contributed by atoms with Gasteiger partial charge in [0.25, 0.3) is 0 Å². The summed E-state index contributed by atoms with van der Waals surface area (Å²) in [7, 11) is -3.23. The Labute approximate surface area is 114 Å². The van der Waals surface area contributed by atoms with Crippen molar-refractivity contribution in [3.05, 3.63) is 0 Å². The number of nitrogens with two attached hydrogens (primary N) is 1. The maximum Gasteiger partial charge on any atom is 0.490 e. The summed E-state index contributed by atoms with van der Waals surface area (Å²) in [5.74, 6) is -3.11. The summed E-state index contributed by atoms with van der Waals surface area (Å²) in [5.41, 5.74) is 4.85. The lowest BCUT2D eigenvalue weighted by atomic mass is 10.3. The number of primary amides is 1. The van der Waals surface area contributed by atoms with Gasteiger partial charge in [0.2, 0.25) is 15.9 Å². The smallest absolute Gasteiger partial charge is 0.475 e. The normalized spacial score (nSPS) is 11.7. The summed E-state index contributed by atoms with van der Waals surface area (Å²) in [4.78, 5) is 19.2. The van der Waals surface area contributed by atoms with Gasteiger partial charge in [-0.05, 0) is 5.92 Å². The van der Waals surface area contributed by atoms with E-state index in [9.17, 15) is 26.4 Å². The average molecular weight is 322 g/mol. The van der Waals surface area contributed by atoms with Crippen LogP contribution < -0.4 is 10.5 Å². The standard InChI is InChI=1S/C7H16N2O3S.C2HF3O2/c1-6(2)5-13(11,12)9-4-3-7(8)10;3-2(4,5)1(6)7/h6,9H,3-5H2,1-2H3,(H2,8,10);(H,6,7). The van der Waals surface area contributed by atoms with Crippen molar-refractivity contribution in [1.82, 2.24) is 4.72 Å². The van der Waals surface area contributed by atoms with Gasteiger partial charge in [0.15, 0.2) is 0 Å². The number of carboxylic acid groups (broad SMARTS) is 1. The molecule has 0 heterocycles. The van der Waals surface area contributed by atoms with Crippen LogP contribution in [0.1, 0.15) is 20.3 Å². The van der Waals surface area contributed by atoms with Crippen molar-refractivity contribution >= 4 is 21.9 Å². The number of sulfonamides is 1. The van der Waals surface area contributed by atoms with Gasteiger partial charge in [-0.1, -0.05) is 13.8 Å². The Morgan fingerprint density at radius 1 is 1.30 bits per heavy atom. The van der Waals surface area contributed by atoms with E-state index in [2.05, 4.69) is 4.72 Å². The van der Waals surface area contributed by atoms with Crippen LogP contribution in [0.25, 0.3) is 0 Å². The molecule has 7 nitrogen and oxygen atoms in total. The number of hydrogen-bond acceptors (Lipinski definition) is 4. The lowest BCUT2D eigenvalue weighted by molar-refractivity contribution is -0.192. The van der Waals surface area contributed by atoms with E-state index in [0.717, 1.165) is 0 Å². The third-order valence-corrected chi connectivity index (χ3v) is 3.24. The highest BCUT2D eigenvalue weighted by Gasteiger charge is 2.38. The molecule has 0 rings (SSSR count). The molecule has 4 N–H and O–H groups in total. The first-order valence-corrected chi connectivity index (χ1v) is 6.99. The molecule has 0 aliphatic rings. The molecule has 11 heteroatoms. The van der Waals surface area contributed by atoms with Crippen LogP contribution in [-0.2, 0) is 19.6 Å². The largest absolute Gasteiger partial charge is 0.490 e. The zero-order valence-corrected chi connectivity index (χ0v) is 11.7. The topological polar surface area (TPSA) is 127 Å². The first-order valence-electron chi connectivity index (χ1n) is 5.33. The summed E-state index contributed by atoms with van der Waals surface area (Å²) in [6.45, 7) is 3.71. The summed E-state index contributed by atoms with van der Waals surface area (Å²) in [6, 6.07) is 0. The summed E-state index contributed by atoms with van der Waals surface area (Å²) >= 11 is 0. The van der Waals surface area contributed by atoms with Crippen molar-refractivity contribution in [3.63, 3.8) is 0 Å². The predicted molar refractivity (Wildman–Crippen MR) is 64.1 cm³/mol. The van der Waals surface area contributed by atoms with Crippen molar-refractivity contribution in [1.29, 1.82) is 0 Å². The minimum atomic E-state index is -5.08. The Kier molecular flexibility index (Phi) is 9.15. The number of carbonyl (C=O) groups excluding carboxylic acids is 1. The maximum absolute atomic E-state index is 11.2.